The molecule has 1 aliphatic heterocycles. The van der Waals surface area contributed by atoms with E-state index in [1.54, 1.807) is 11.8 Å². The zero-order chi connectivity index (χ0) is 17.6. The lowest BCUT2D eigenvalue weighted by Gasteiger charge is -2.29. The summed E-state index contributed by atoms with van der Waals surface area (Å²) in [4.78, 5) is 31.2. The van der Waals surface area contributed by atoms with Gasteiger partial charge in [0.15, 0.2) is 0 Å². The van der Waals surface area contributed by atoms with E-state index in [1.165, 1.54) is 11.3 Å². The summed E-state index contributed by atoms with van der Waals surface area (Å²) < 4.78 is 10.4. The van der Waals surface area contributed by atoms with Gasteiger partial charge in [-0.25, -0.2) is 0 Å². The molecule has 0 bridgehead atoms. The van der Waals surface area contributed by atoms with Crippen LogP contribution in [0.15, 0.2) is 22.0 Å². The molecule has 1 atom stereocenters. The molecule has 0 aromatic carbocycles. The van der Waals surface area contributed by atoms with Gasteiger partial charge in [-0.3, -0.25) is 9.59 Å². The van der Waals surface area contributed by atoms with E-state index in [1.807, 2.05) is 17.5 Å². The fourth-order valence-corrected chi connectivity index (χ4v) is 3.16. The number of amides is 2. The van der Waals surface area contributed by atoms with Crippen LogP contribution in [0.2, 0.25) is 0 Å². The summed E-state index contributed by atoms with van der Waals surface area (Å²) in [6.07, 6.45) is 0.523. The number of morpholine rings is 1. The molecule has 0 aliphatic carbocycles. The molecule has 0 spiro atoms. The van der Waals surface area contributed by atoms with Crippen molar-refractivity contribution in [1.82, 2.24) is 20.4 Å². The average Bonchev–Trinajstić information content (AvgIpc) is 3.31. The number of hydrogen-bond donors (Lipinski definition) is 1. The molecule has 134 valence electrons. The second-order valence-corrected chi connectivity index (χ2v) is 6.66. The van der Waals surface area contributed by atoms with Gasteiger partial charge in [0.05, 0.1) is 18.1 Å². The monoisotopic (exact) mass is 364 g/mol. The van der Waals surface area contributed by atoms with Crippen molar-refractivity contribution in [2.75, 3.05) is 26.3 Å². The summed E-state index contributed by atoms with van der Waals surface area (Å²) in [6, 6.07) is 3.26. The highest BCUT2D eigenvalue weighted by Crippen LogP contribution is 2.21. The Kier molecular flexibility index (Phi) is 5.77. The van der Waals surface area contributed by atoms with Crippen LogP contribution >= 0.6 is 11.3 Å². The summed E-state index contributed by atoms with van der Waals surface area (Å²) in [5.74, 6) is 0.631. The van der Waals surface area contributed by atoms with E-state index >= 15 is 0 Å². The molecule has 1 unspecified atom stereocenters. The molecule has 0 saturated carbocycles. The molecular formula is C16H20N4O4S. The largest absolute Gasteiger partial charge is 0.378 e. The van der Waals surface area contributed by atoms with Crippen LogP contribution in [0.3, 0.4) is 0 Å². The molecule has 2 amide bonds. The van der Waals surface area contributed by atoms with Gasteiger partial charge in [0, 0.05) is 25.9 Å². The Morgan fingerprint density at radius 2 is 2.20 bits per heavy atom. The third kappa shape index (κ3) is 4.64. The number of thiophene rings is 1. The first kappa shape index (κ1) is 17.6. The minimum atomic E-state index is -0.560. The Hall–Kier alpha value is -2.26. The van der Waals surface area contributed by atoms with Crippen LogP contribution in [-0.2, 0) is 20.7 Å². The third-order valence-electron chi connectivity index (χ3n) is 3.85. The minimum Gasteiger partial charge on any atom is -0.378 e. The summed E-state index contributed by atoms with van der Waals surface area (Å²) in [5.41, 5.74) is 0. The highest BCUT2D eigenvalue weighted by Gasteiger charge is 2.23. The molecular weight excluding hydrogens is 344 g/mol. The van der Waals surface area contributed by atoms with E-state index in [0.717, 1.165) is 4.88 Å². The van der Waals surface area contributed by atoms with Gasteiger partial charge in [-0.2, -0.15) is 4.98 Å². The predicted octanol–water partition coefficient (Wildman–Crippen LogP) is 1.09. The van der Waals surface area contributed by atoms with E-state index < -0.39 is 6.04 Å². The fourth-order valence-electron chi connectivity index (χ4n) is 2.52. The highest BCUT2D eigenvalue weighted by atomic mass is 32.1. The predicted molar refractivity (Wildman–Crippen MR) is 90.9 cm³/mol. The van der Waals surface area contributed by atoms with Crippen LogP contribution in [0.4, 0.5) is 0 Å². The van der Waals surface area contributed by atoms with E-state index in [4.69, 9.17) is 9.26 Å². The van der Waals surface area contributed by atoms with Gasteiger partial charge in [-0.05, 0) is 18.4 Å². The lowest BCUT2D eigenvalue weighted by atomic mass is 10.2. The average molecular weight is 364 g/mol. The van der Waals surface area contributed by atoms with Gasteiger partial charge in [-0.1, -0.05) is 11.2 Å². The first-order valence-electron chi connectivity index (χ1n) is 8.16. The smallest absolute Gasteiger partial charge is 0.245 e. The Morgan fingerprint density at radius 1 is 1.40 bits per heavy atom. The zero-order valence-corrected chi connectivity index (χ0v) is 14.8. The molecule has 3 rings (SSSR count). The minimum absolute atomic E-state index is 0.0885. The molecule has 1 saturated heterocycles. The number of rotatable bonds is 6. The van der Waals surface area contributed by atoms with Crippen LogP contribution in [-0.4, -0.2) is 59.2 Å². The standard InChI is InChI=1S/C16H20N4O4S/c1-11(16(22)20-6-8-23-9-7-20)17-13(21)4-5-14-18-15(19-24-14)12-3-2-10-25-12/h2-3,10-11H,4-9H2,1H3,(H,17,21). The zero-order valence-electron chi connectivity index (χ0n) is 13.9. The van der Waals surface area contributed by atoms with Gasteiger partial charge in [0.1, 0.15) is 6.04 Å². The molecule has 1 fully saturated rings. The van der Waals surface area contributed by atoms with Crippen LogP contribution in [0.1, 0.15) is 19.2 Å². The third-order valence-corrected chi connectivity index (χ3v) is 4.71. The molecule has 9 heteroatoms. The molecule has 1 N–H and O–H groups in total. The van der Waals surface area contributed by atoms with E-state index in [0.29, 0.717) is 44.4 Å². The SMILES string of the molecule is CC(NC(=O)CCc1nc(-c2cccs2)no1)C(=O)N1CCOCC1. The number of nitrogens with zero attached hydrogens (tertiary/aromatic N) is 3. The van der Waals surface area contributed by atoms with Crippen molar-refractivity contribution in [1.29, 1.82) is 0 Å². The molecule has 25 heavy (non-hydrogen) atoms. The molecule has 8 nitrogen and oxygen atoms in total. The second kappa shape index (κ2) is 8.21. The summed E-state index contributed by atoms with van der Waals surface area (Å²) in [5, 5.41) is 8.57. The summed E-state index contributed by atoms with van der Waals surface area (Å²) >= 11 is 1.52. The topological polar surface area (TPSA) is 97.6 Å². The van der Waals surface area contributed by atoms with Gasteiger partial charge in [0.2, 0.25) is 23.5 Å². The number of carbonyl (C=O) groups is 2. The summed E-state index contributed by atoms with van der Waals surface area (Å²) in [6.45, 7) is 3.89. The number of hydrogen-bond acceptors (Lipinski definition) is 7. The number of aromatic nitrogens is 2. The normalized spacial score (nSPS) is 15.8. The maximum absolute atomic E-state index is 12.3. The first-order valence-corrected chi connectivity index (χ1v) is 9.04. The lowest BCUT2D eigenvalue weighted by molar-refractivity contribution is -0.139. The van der Waals surface area contributed by atoms with Gasteiger partial charge >= 0.3 is 0 Å². The number of ether oxygens (including phenoxy) is 1. The molecule has 2 aromatic rings. The lowest BCUT2D eigenvalue weighted by Crippen LogP contribution is -2.50. The highest BCUT2D eigenvalue weighted by molar-refractivity contribution is 7.13. The number of nitrogens with one attached hydrogen (secondary N) is 1. The second-order valence-electron chi connectivity index (χ2n) is 5.72. The van der Waals surface area contributed by atoms with E-state index in [2.05, 4.69) is 15.5 Å². The Morgan fingerprint density at radius 3 is 2.92 bits per heavy atom. The molecule has 2 aromatic heterocycles. The van der Waals surface area contributed by atoms with Crippen LogP contribution in [0, 0.1) is 0 Å². The van der Waals surface area contributed by atoms with Crippen LogP contribution in [0.25, 0.3) is 10.7 Å². The van der Waals surface area contributed by atoms with Crippen molar-refractivity contribution in [2.24, 2.45) is 0 Å². The molecule has 1 aliphatic rings. The van der Waals surface area contributed by atoms with Crippen molar-refractivity contribution in [2.45, 2.75) is 25.8 Å². The molecule has 3 heterocycles. The van der Waals surface area contributed by atoms with Crippen LogP contribution < -0.4 is 5.32 Å². The van der Waals surface area contributed by atoms with Crippen molar-refractivity contribution < 1.29 is 18.8 Å². The number of carbonyl (C=O) groups excluding carboxylic acids is 2. The van der Waals surface area contributed by atoms with E-state index in [-0.39, 0.29) is 18.2 Å². The van der Waals surface area contributed by atoms with E-state index in [9.17, 15) is 9.59 Å². The Labute approximate surface area is 149 Å². The quantitative estimate of drug-likeness (QED) is 0.824. The maximum atomic E-state index is 12.3. The summed E-state index contributed by atoms with van der Waals surface area (Å²) in [7, 11) is 0. The van der Waals surface area contributed by atoms with Crippen molar-refractivity contribution >= 4 is 23.2 Å². The maximum Gasteiger partial charge on any atom is 0.245 e. The molecule has 0 radical (unpaired) electrons. The first-order chi connectivity index (χ1) is 12.1. The Balaban J connectivity index is 1.45. The van der Waals surface area contributed by atoms with Crippen LogP contribution in [0.5, 0.6) is 0 Å². The van der Waals surface area contributed by atoms with Gasteiger partial charge < -0.3 is 19.5 Å². The number of aryl methyl sites for hydroxylation is 1. The van der Waals surface area contributed by atoms with Crippen molar-refractivity contribution in [3.05, 3.63) is 23.4 Å². The van der Waals surface area contributed by atoms with Crippen molar-refractivity contribution in [3.63, 3.8) is 0 Å². The Bertz CT molecular complexity index is 710. The van der Waals surface area contributed by atoms with Crippen molar-refractivity contribution in [3.8, 4) is 10.7 Å². The van der Waals surface area contributed by atoms with Gasteiger partial charge in [0.25, 0.3) is 0 Å². The fraction of sp³-hybridized carbons (Fsp3) is 0.500. The van der Waals surface area contributed by atoms with Gasteiger partial charge in [-0.15, -0.1) is 11.3 Å².